The van der Waals surface area contributed by atoms with Crippen molar-refractivity contribution in [1.29, 1.82) is 0 Å². The molecule has 1 N–H and O–H groups in total. The number of hydrogen-bond acceptors (Lipinski definition) is 8. The molecule has 1 heterocycles. The zero-order valence-corrected chi connectivity index (χ0v) is 34.2. The molecule has 1 aliphatic rings. The lowest BCUT2D eigenvalue weighted by Crippen LogP contribution is -2.37. The van der Waals surface area contributed by atoms with Crippen LogP contribution in [0.5, 0.6) is 0 Å². The molecule has 0 aromatic carbocycles. The van der Waals surface area contributed by atoms with Gasteiger partial charge in [-0.15, -0.1) is 0 Å². The molecule has 0 aromatic rings. The molecule has 300 valence electrons. The lowest BCUT2D eigenvalue weighted by molar-refractivity contribution is -0.870. The van der Waals surface area contributed by atoms with Crippen LogP contribution in [-0.4, -0.2) is 87.1 Å². The number of phosphoric ester groups is 1. The molecule has 10 nitrogen and oxygen atoms in total. The number of quaternary nitrogens is 1. The summed E-state index contributed by atoms with van der Waals surface area (Å²) in [6, 6.07) is 0. The van der Waals surface area contributed by atoms with E-state index in [-0.39, 0.29) is 32.0 Å². The highest BCUT2D eigenvalue weighted by Gasteiger charge is 2.36. The normalized spacial score (nSPS) is 17.8. The summed E-state index contributed by atoms with van der Waals surface area (Å²) in [4.78, 5) is 35.2. The maximum atomic E-state index is 12.6. The molecule has 0 bridgehead atoms. The maximum Gasteiger partial charge on any atom is 0.472 e. The molecule has 0 aliphatic carbocycles. The third-order valence-electron chi connectivity index (χ3n) is 9.22. The van der Waals surface area contributed by atoms with E-state index >= 15 is 0 Å². The van der Waals surface area contributed by atoms with Crippen LogP contribution in [0.3, 0.4) is 0 Å². The largest absolute Gasteiger partial charge is 0.472 e. The quantitative estimate of drug-likeness (QED) is 0.0167. The van der Waals surface area contributed by atoms with Crippen LogP contribution in [0.4, 0.5) is 0 Å². The van der Waals surface area contributed by atoms with Crippen molar-refractivity contribution in [2.24, 2.45) is 0 Å². The fourth-order valence-electron chi connectivity index (χ4n) is 5.84. The van der Waals surface area contributed by atoms with E-state index in [9.17, 15) is 19.0 Å². The number of likely N-dealkylation sites (N-methyl/N-ethyl adjacent to an activating group) is 1. The summed E-state index contributed by atoms with van der Waals surface area (Å²) in [7, 11) is 1.47. The van der Waals surface area contributed by atoms with Crippen LogP contribution in [0, 0.1) is 0 Å². The number of carbonyl (C=O) groups excluding carboxylic acids is 2. The third kappa shape index (κ3) is 30.8. The van der Waals surface area contributed by atoms with E-state index in [0.29, 0.717) is 29.7 Å². The first-order valence-corrected chi connectivity index (χ1v) is 22.0. The summed E-state index contributed by atoms with van der Waals surface area (Å²) in [6.45, 7) is 4.36. The molecule has 4 atom stereocenters. The Morgan fingerprint density at radius 2 is 1.25 bits per heavy atom. The smallest absolute Gasteiger partial charge is 0.462 e. The second-order valence-electron chi connectivity index (χ2n) is 15.4. The van der Waals surface area contributed by atoms with E-state index in [1.165, 1.54) is 77.0 Å². The zero-order chi connectivity index (χ0) is 37.6. The Kier molecular flexibility index (Phi) is 28.2. The van der Waals surface area contributed by atoms with Gasteiger partial charge in [0, 0.05) is 12.8 Å². The SMILES string of the molecule is CCCCCCCCCCCCCC(=O)O[C@H](COC(=O)CCCCCCC/C=C\CC1OC1CCCCC)COP(=O)(O)OCC[N+](C)(C)C. The molecule has 0 radical (unpaired) electrons. The first-order chi connectivity index (χ1) is 24.5. The van der Waals surface area contributed by atoms with Crippen molar-refractivity contribution >= 4 is 19.8 Å². The lowest BCUT2D eigenvalue weighted by Gasteiger charge is -2.24. The molecule has 0 aromatic heterocycles. The van der Waals surface area contributed by atoms with Crippen LogP contribution < -0.4 is 0 Å². The van der Waals surface area contributed by atoms with Crippen LogP contribution in [0.25, 0.3) is 0 Å². The predicted octanol–water partition coefficient (Wildman–Crippen LogP) is 10.0. The molecular weight excluding hydrogens is 669 g/mol. The fraction of sp³-hybridized carbons (Fsp3) is 0.900. The Morgan fingerprint density at radius 1 is 0.706 bits per heavy atom. The van der Waals surface area contributed by atoms with Crippen LogP contribution in [0.2, 0.25) is 0 Å². The van der Waals surface area contributed by atoms with Gasteiger partial charge in [-0.2, -0.15) is 0 Å². The van der Waals surface area contributed by atoms with E-state index in [0.717, 1.165) is 57.8 Å². The van der Waals surface area contributed by atoms with E-state index in [2.05, 4.69) is 26.0 Å². The topological polar surface area (TPSA) is 121 Å². The number of phosphoric acid groups is 1. The van der Waals surface area contributed by atoms with Gasteiger partial charge in [-0.1, -0.05) is 129 Å². The van der Waals surface area contributed by atoms with Gasteiger partial charge in [0.1, 0.15) is 19.8 Å². The van der Waals surface area contributed by atoms with Crippen molar-refractivity contribution in [3.8, 4) is 0 Å². The van der Waals surface area contributed by atoms with Crippen molar-refractivity contribution < 1.29 is 46.8 Å². The van der Waals surface area contributed by atoms with Gasteiger partial charge in [0.25, 0.3) is 0 Å². The Balaban J connectivity index is 2.29. The molecule has 51 heavy (non-hydrogen) atoms. The van der Waals surface area contributed by atoms with E-state index < -0.39 is 26.5 Å². The summed E-state index contributed by atoms with van der Waals surface area (Å²) in [5.41, 5.74) is 0. The molecule has 0 amide bonds. The number of esters is 2. The summed E-state index contributed by atoms with van der Waals surface area (Å²) >= 11 is 0. The molecule has 11 heteroatoms. The molecule has 1 aliphatic heterocycles. The van der Waals surface area contributed by atoms with Gasteiger partial charge in [0.2, 0.25) is 0 Å². The minimum Gasteiger partial charge on any atom is -0.462 e. The average Bonchev–Trinajstić information content (AvgIpc) is 3.82. The number of ether oxygens (including phenoxy) is 3. The van der Waals surface area contributed by atoms with Gasteiger partial charge in [-0.3, -0.25) is 18.6 Å². The Hall–Kier alpha value is -1.29. The van der Waals surface area contributed by atoms with Crippen molar-refractivity contribution in [2.75, 3.05) is 47.5 Å². The van der Waals surface area contributed by atoms with Gasteiger partial charge in [-0.25, -0.2) is 4.57 Å². The zero-order valence-electron chi connectivity index (χ0n) is 33.3. The highest BCUT2D eigenvalue weighted by molar-refractivity contribution is 7.47. The second kappa shape index (κ2) is 30.1. The summed E-state index contributed by atoms with van der Waals surface area (Å²) < 4.78 is 39.9. The minimum absolute atomic E-state index is 0.0295. The number of allylic oxidation sites excluding steroid dienone is 1. The predicted molar refractivity (Wildman–Crippen MR) is 205 cm³/mol. The van der Waals surface area contributed by atoms with Crippen LogP contribution in [-0.2, 0) is 37.4 Å². The second-order valence-corrected chi connectivity index (χ2v) is 16.9. The maximum absolute atomic E-state index is 12.6. The molecule has 0 saturated carbocycles. The molecule has 1 fully saturated rings. The van der Waals surface area contributed by atoms with Gasteiger partial charge >= 0.3 is 19.8 Å². The Bertz CT molecular complexity index is 955. The summed E-state index contributed by atoms with van der Waals surface area (Å²) in [5.74, 6) is -0.817. The fourth-order valence-corrected chi connectivity index (χ4v) is 6.58. The van der Waals surface area contributed by atoms with Crippen molar-refractivity contribution in [3.05, 3.63) is 12.2 Å². The van der Waals surface area contributed by atoms with Crippen LogP contribution in [0.1, 0.15) is 168 Å². The van der Waals surface area contributed by atoms with Crippen molar-refractivity contribution in [3.63, 3.8) is 0 Å². The monoisotopic (exact) mass is 747 g/mol. The highest BCUT2D eigenvalue weighted by atomic mass is 31.2. The van der Waals surface area contributed by atoms with Gasteiger partial charge in [0.15, 0.2) is 6.10 Å². The van der Waals surface area contributed by atoms with Gasteiger partial charge < -0.3 is 23.6 Å². The first-order valence-electron chi connectivity index (χ1n) is 20.5. The first kappa shape index (κ1) is 47.7. The third-order valence-corrected chi connectivity index (χ3v) is 10.2. The molecular formula is C40H77NO9P+. The molecule has 0 spiro atoms. The Labute approximate surface area is 311 Å². The highest BCUT2D eigenvalue weighted by Crippen LogP contribution is 2.43. The van der Waals surface area contributed by atoms with Crippen LogP contribution >= 0.6 is 7.82 Å². The van der Waals surface area contributed by atoms with E-state index in [1.54, 1.807) is 0 Å². The van der Waals surface area contributed by atoms with Gasteiger partial charge in [-0.05, 0) is 38.5 Å². The number of rotatable bonds is 36. The minimum atomic E-state index is -4.37. The number of unbranched alkanes of at least 4 members (excludes halogenated alkanes) is 17. The molecule has 3 unspecified atom stereocenters. The molecule has 1 saturated heterocycles. The van der Waals surface area contributed by atoms with Gasteiger partial charge in [0.05, 0.1) is 40.0 Å². The summed E-state index contributed by atoms with van der Waals surface area (Å²) in [6.07, 6.45) is 30.0. The number of carbonyl (C=O) groups is 2. The van der Waals surface area contributed by atoms with Crippen molar-refractivity contribution in [2.45, 2.75) is 186 Å². The van der Waals surface area contributed by atoms with Crippen molar-refractivity contribution in [1.82, 2.24) is 0 Å². The number of epoxide rings is 1. The Morgan fingerprint density at radius 3 is 1.86 bits per heavy atom. The average molecular weight is 747 g/mol. The van der Waals surface area contributed by atoms with Crippen LogP contribution in [0.15, 0.2) is 12.2 Å². The summed E-state index contributed by atoms with van der Waals surface area (Å²) in [5, 5.41) is 0. The van der Waals surface area contributed by atoms with E-state index in [1.807, 2.05) is 21.1 Å². The number of hydrogen-bond donors (Lipinski definition) is 1. The standard InChI is InChI=1S/C40H76NO9P/c1-6-8-10-11-12-13-14-15-20-23-27-31-40(43)49-36(35-48-51(44,45)47-33-32-41(3,4)5)34-46-39(42)30-26-22-19-17-16-18-21-25-29-38-37(50-38)28-24-9-7-2/h21,25,36-38H,6-20,22-24,26-35H2,1-5H3/p+1/b25-21-/t36-,37?,38?/m1/s1. The lowest BCUT2D eigenvalue weighted by atomic mass is 10.1. The van der Waals surface area contributed by atoms with E-state index in [4.69, 9.17) is 23.3 Å². The number of nitrogens with zero attached hydrogens (tertiary/aromatic N) is 1. The molecule has 1 rings (SSSR count).